The number of rotatable bonds is 5. The first-order chi connectivity index (χ1) is 8.63. The zero-order chi connectivity index (χ0) is 13.0. The van der Waals surface area contributed by atoms with Gasteiger partial charge in [-0.3, -0.25) is 4.98 Å². The number of aromatic nitrogens is 1. The second-order valence-electron chi connectivity index (χ2n) is 3.44. The molecule has 0 amide bonds. The summed E-state index contributed by atoms with van der Waals surface area (Å²) in [5.74, 6) is 0.359. The Balaban J connectivity index is 2.26. The minimum Gasteiger partial charge on any atom is -0.255 e. The van der Waals surface area contributed by atoms with Crippen LogP contribution in [0.1, 0.15) is 0 Å². The molecule has 0 saturated carbocycles. The molecule has 2 heterocycles. The lowest BCUT2D eigenvalue weighted by Crippen LogP contribution is -2.24. The summed E-state index contributed by atoms with van der Waals surface area (Å²) in [6.45, 7) is 0.272. The summed E-state index contributed by atoms with van der Waals surface area (Å²) in [4.78, 5) is 5.01. The van der Waals surface area contributed by atoms with Gasteiger partial charge in [0.25, 0.3) is 0 Å². The number of pyridine rings is 1. The molecule has 1 N–H and O–H groups in total. The van der Waals surface area contributed by atoms with Gasteiger partial charge in [0.05, 0.1) is 10.6 Å². The summed E-state index contributed by atoms with van der Waals surface area (Å²) in [5.41, 5.74) is 0.771. The van der Waals surface area contributed by atoms with E-state index in [0.29, 0.717) is 5.75 Å². The highest BCUT2D eigenvalue weighted by atomic mass is 32.2. The maximum absolute atomic E-state index is 11.9. The Morgan fingerprint density at radius 2 is 2.11 bits per heavy atom. The van der Waals surface area contributed by atoms with Crippen molar-refractivity contribution in [2.24, 2.45) is 0 Å². The Labute approximate surface area is 116 Å². The predicted molar refractivity (Wildman–Crippen MR) is 75.2 cm³/mol. The molecular formula is C11H11N2O2S3. The van der Waals surface area contributed by atoms with Crippen molar-refractivity contribution in [3.8, 4) is 10.6 Å². The molecule has 0 fully saturated rings. The van der Waals surface area contributed by atoms with E-state index in [9.17, 15) is 8.42 Å². The molecule has 0 atom stereocenters. The van der Waals surface area contributed by atoms with Gasteiger partial charge in [-0.2, -0.15) is 0 Å². The number of hydrogen-bond acceptors (Lipinski definition) is 4. The Morgan fingerprint density at radius 1 is 1.28 bits per heavy atom. The average Bonchev–Trinajstić information content (AvgIpc) is 2.88. The molecule has 95 valence electrons. The molecule has 2 aromatic heterocycles. The highest BCUT2D eigenvalue weighted by Gasteiger charge is 2.16. The van der Waals surface area contributed by atoms with Crippen LogP contribution in [0.25, 0.3) is 10.6 Å². The standard InChI is InChI=1S/C11H11N2O2S3/c14-18(15,13-7-8-16)11-5-4-10(17-11)9-3-1-2-6-12-9/h1-6,13H,7-8H2. The second-order valence-corrected chi connectivity index (χ2v) is 6.92. The number of thiophene rings is 1. The molecule has 18 heavy (non-hydrogen) atoms. The Hall–Kier alpha value is -0.890. The molecule has 7 heteroatoms. The average molecular weight is 299 g/mol. The van der Waals surface area contributed by atoms with Crippen molar-refractivity contribution < 1.29 is 8.42 Å². The van der Waals surface area contributed by atoms with Crippen LogP contribution in [0, 0.1) is 0 Å². The lowest BCUT2D eigenvalue weighted by atomic mass is 10.3. The first-order valence-electron chi connectivity index (χ1n) is 5.22. The molecule has 2 aromatic rings. The predicted octanol–water partition coefficient (Wildman–Crippen LogP) is 2.29. The van der Waals surface area contributed by atoms with Gasteiger partial charge in [-0.15, -0.1) is 11.3 Å². The van der Waals surface area contributed by atoms with Crippen molar-refractivity contribution in [3.63, 3.8) is 0 Å². The van der Waals surface area contributed by atoms with E-state index < -0.39 is 10.0 Å². The van der Waals surface area contributed by atoms with Gasteiger partial charge in [0.1, 0.15) is 4.21 Å². The van der Waals surface area contributed by atoms with Gasteiger partial charge in [0, 0.05) is 18.5 Å². The first-order valence-corrected chi connectivity index (χ1v) is 8.10. The highest BCUT2D eigenvalue weighted by molar-refractivity contribution is 7.91. The van der Waals surface area contributed by atoms with E-state index in [1.165, 1.54) is 11.3 Å². The monoisotopic (exact) mass is 299 g/mol. The zero-order valence-corrected chi connectivity index (χ0v) is 11.8. The summed E-state index contributed by atoms with van der Waals surface area (Å²) in [6.07, 6.45) is 1.68. The van der Waals surface area contributed by atoms with E-state index in [-0.39, 0.29) is 10.8 Å². The summed E-state index contributed by atoms with van der Waals surface area (Å²) in [7, 11) is -3.44. The van der Waals surface area contributed by atoms with E-state index in [1.54, 1.807) is 18.3 Å². The molecule has 0 saturated heterocycles. The summed E-state index contributed by atoms with van der Waals surface area (Å²) >= 11 is 5.91. The topological polar surface area (TPSA) is 59.1 Å². The van der Waals surface area contributed by atoms with Crippen LogP contribution >= 0.6 is 24.0 Å². The zero-order valence-electron chi connectivity index (χ0n) is 9.37. The van der Waals surface area contributed by atoms with Crippen LogP contribution in [0.4, 0.5) is 0 Å². The van der Waals surface area contributed by atoms with E-state index in [0.717, 1.165) is 10.6 Å². The fraction of sp³-hybridized carbons (Fsp3) is 0.182. The van der Waals surface area contributed by atoms with Gasteiger partial charge >= 0.3 is 0 Å². The van der Waals surface area contributed by atoms with Crippen LogP contribution < -0.4 is 4.72 Å². The van der Waals surface area contributed by atoms with Crippen molar-refractivity contribution in [1.29, 1.82) is 0 Å². The summed E-state index contributed by atoms with van der Waals surface area (Å²) in [6, 6.07) is 8.88. The lowest BCUT2D eigenvalue weighted by Gasteiger charge is -2.01. The van der Waals surface area contributed by atoms with Crippen LogP contribution in [0.5, 0.6) is 0 Å². The van der Waals surface area contributed by atoms with Crippen molar-refractivity contribution in [2.75, 3.05) is 12.3 Å². The molecule has 0 aliphatic carbocycles. The van der Waals surface area contributed by atoms with Crippen LogP contribution in [-0.4, -0.2) is 25.7 Å². The largest absolute Gasteiger partial charge is 0.255 e. The normalized spacial score (nSPS) is 11.6. The maximum Gasteiger partial charge on any atom is 0.250 e. The molecule has 0 aliphatic heterocycles. The van der Waals surface area contributed by atoms with Gasteiger partial charge < -0.3 is 0 Å². The molecule has 0 spiro atoms. The fourth-order valence-corrected chi connectivity index (χ4v) is 3.95. The Bertz CT molecular complexity index is 608. The third kappa shape index (κ3) is 3.11. The van der Waals surface area contributed by atoms with Gasteiger partial charge in [0.2, 0.25) is 10.0 Å². The van der Waals surface area contributed by atoms with E-state index >= 15 is 0 Å². The smallest absolute Gasteiger partial charge is 0.250 e. The van der Waals surface area contributed by atoms with E-state index in [2.05, 4.69) is 9.71 Å². The van der Waals surface area contributed by atoms with Gasteiger partial charge in [0.15, 0.2) is 0 Å². The van der Waals surface area contributed by atoms with Crippen molar-refractivity contribution in [2.45, 2.75) is 4.21 Å². The summed E-state index contributed by atoms with van der Waals surface area (Å²) in [5, 5.41) is 0. The van der Waals surface area contributed by atoms with E-state index in [4.69, 9.17) is 12.6 Å². The molecule has 0 bridgehead atoms. The van der Waals surface area contributed by atoms with Gasteiger partial charge in [-0.25, -0.2) is 13.1 Å². The molecule has 1 radical (unpaired) electrons. The number of sulfonamides is 1. The number of nitrogens with one attached hydrogen (secondary N) is 1. The molecule has 0 aliphatic rings. The van der Waals surface area contributed by atoms with Crippen LogP contribution in [0.15, 0.2) is 40.7 Å². The highest BCUT2D eigenvalue weighted by Crippen LogP contribution is 2.28. The Morgan fingerprint density at radius 3 is 2.78 bits per heavy atom. The van der Waals surface area contributed by atoms with Crippen molar-refractivity contribution in [1.82, 2.24) is 9.71 Å². The first kappa shape index (κ1) is 13.5. The van der Waals surface area contributed by atoms with Crippen LogP contribution in [0.2, 0.25) is 0 Å². The minimum atomic E-state index is -3.44. The van der Waals surface area contributed by atoms with Gasteiger partial charge in [-0.1, -0.05) is 18.7 Å². The van der Waals surface area contributed by atoms with Crippen LogP contribution in [-0.2, 0) is 10.0 Å². The number of hydrogen-bond donors (Lipinski definition) is 1. The third-order valence-electron chi connectivity index (χ3n) is 2.16. The van der Waals surface area contributed by atoms with Crippen LogP contribution in [0.3, 0.4) is 0 Å². The molecular weight excluding hydrogens is 288 g/mol. The Kier molecular flexibility index (Phi) is 4.39. The molecule has 2 rings (SSSR count). The van der Waals surface area contributed by atoms with Gasteiger partial charge in [-0.05, 0) is 24.3 Å². The molecule has 0 unspecified atom stereocenters. The number of nitrogens with zero attached hydrogens (tertiary/aromatic N) is 1. The maximum atomic E-state index is 11.9. The lowest BCUT2D eigenvalue weighted by molar-refractivity contribution is 0.586. The third-order valence-corrected chi connectivity index (χ3v) is 5.42. The molecule has 4 nitrogen and oxygen atoms in total. The second kappa shape index (κ2) is 5.83. The van der Waals surface area contributed by atoms with Crippen molar-refractivity contribution in [3.05, 3.63) is 36.5 Å². The van der Waals surface area contributed by atoms with E-state index in [1.807, 2.05) is 18.2 Å². The fourth-order valence-electron chi connectivity index (χ4n) is 1.36. The molecule has 0 aromatic carbocycles. The van der Waals surface area contributed by atoms with Crippen molar-refractivity contribution >= 4 is 34.0 Å². The SMILES string of the molecule is O=S(=O)(NCC[S])c1ccc(-c2ccccn2)s1. The quantitative estimate of drug-likeness (QED) is 0.921. The minimum absolute atomic E-state index is 0.272. The summed E-state index contributed by atoms with van der Waals surface area (Å²) < 4.78 is 26.5.